The summed E-state index contributed by atoms with van der Waals surface area (Å²) in [7, 11) is 1.46. The van der Waals surface area contributed by atoms with E-state index < -0.39 is 0 Å². The predicted molar refractivity (Wildman–Crippen MR) is 94.7 cm³/mol. The molecule has 0 aliphatic carbocycles. The Morgan fingerprint density at radius 1 is 1.17 bits per heavy atom. The predicted octanol–water partition coefficient (Wildman–Crippen LogP) is 4.03. The van der Waals surface area contributed by atoms with Gasteiger partial charge in [0.1, 0.15) is 18.7 Å². The number of hydrogen-bond acceptors (Lipinski definition) is 5. The Balaban J connectivity index is 2.00. The second-order valence-electron chi connectivity index (χ2n) is 5.20. The summed E-state index contributed by atoms with van der Waals surface area (Å²) < 4.78 is 0. The van der Waals surface area contributed by atoms with E-state index >= 15 is 0 Å². The van der Waals surface area contributed by atoms with Gasteiger partial charge < -0.3 is 4.84 Å². The normalized spacial score (nSPS) is 11.4. The number of aromatic nitrogens is 2. The van der Waals surface area contributed by atoms with Crippen molar-refractivity contribution in [3.63, 3.8) is 0 Å². The Kier molecular flexibility index (Phi) is 6.70. The average molecular weight is 366 g/mol. The van der Waals surface area contributed by atoms with Crippen LogP contribution in [0.5, 0.6) is 0 Å². The molecule has 2 aromatic rings. The summed E-state index contributed by atoms with van der Waals surface area (Å²) in [6, 6.07) is 5.19. The minimum absolute atomic E-state index is 0.0753. The van der Waals surface area contributed by atoms with E-state index in [2.05, 4.69) is 15.1 Å². The van der Waals surface area contributed by atoms with Crippen LogP contribution >= 0.6 is 23.2 Å². The Bertz CT molecular complexity index is 746. The maximum absolute atomic E-state index is 12.2. The molecule has 0 fully saturated rings. The van der Waals surface area contributed by atoms with Crippen molar-refractivity contribution >= 4 is 34.7 Å². The highest BCUT2D eigenvalue weighted by Gasteiger charge is 2.11. The molecule has 24 heavy (non-hydrogen) atoms. The molecule has 0 aliphatic rings. The molecule has 0 unspecified atom stereocenters. The van der Waals surface area contributed by atoms with Crippen molar-refractivity contribution in [1.82, 2.24) is 9.97 Å². The van der Waals surface area contributed by atoms with E-state index in [4.69, 9.17) is 28.0 Å². The summed E-state index contributed by atoms with van der Waals surface area (Å²) in [6.45, 7) is 1.80. The summed E-state index contributed by atoms with van der Waals surface area (Å²) in [5.41, 5.74) is 2.22. The van der Waals surface area contributed by atoms with Crippen LogP contribution in [-0.4, -0.2) is 28.6 Å². The summed E-state index contributed by atoms with van der Waals surface area (Å²) in [5, 5.41) is 4.89. The molecule has 2 rings (SSSR count). The van der Waals surface area contributed by atoms with E-state index in [0.717, 1.165) is 11.1 Å². The molecule has 126 valence electrons. The molecule has 0 aliphatic heterocycles. The van der Waals surface area contributed by atoms with Crippen LogP contribution in [0.4, 0.5) is 0 Å². The van der Waals surface area contributed by atoms with E-state index in [-0.39, 0.29) is 5.78 Å². The van der Waals surface area contributed by atoms with Gasteiger partial charge in [-0.1, -0.05) is 34.4 Å². The molecular weight excluding hydrogens is 349 g/mol. The van der Waals surface area contributed by atoms with Gasteiger partial charge in [0, 0.05) is 37.2 Å². The van der Waals surface area contributed by atoms with Crippen LogP contribution in [-0.2, 0) is 16.1 Å². The first-order chi connectivity index (χ1) is 11.5. The fourth-order valence-corrected chi connectivity index (χ4v) is 2.41. The number of halogens is 2. The van der Waals surface area contributed by atoms with Crippen LogP contribution in [0.25, 0.3) is 0 Å². The van der Waals surface area contributed by atoms with Crippen LogP contribution in [0.15, 0.2) is 35.7 Å². The van der Waals surface area contributed by atoms with Crippen molar-refractivity contribution in [2.24, 2.45) is 5.16 Å². The zero-order valence-corrected chi connectivity index (χ0v) is 14.9. The Hall–Kier alpha value is -1.98. The molecule has 0 spiro atoms. The van der Waals surface area contributed by atoms with Gasteiger partial charge in [-0.15, -0.1) is 0 Å². The molecule has 0 N–H and O–H groups in total. The van der Waals surface area contributed by atoms with E-state index in [1.165, 1.54) is 7.11 Å². The molecule has 0 saturated heterocycles. The Labute approximate surface area is 150 Å². The van der Waals surface area contributed by atoms with Gasteiger partial charge in [0.05, 0.1) is 15.8 Å². The third-order valence-corrected chi connectivity index (χ3v) is 4.07. The largest absolute Gasteiger partial charge is 0.399 e. The molecule has 0 bridgehead atoms. The lowest BCUT2D eigenvalue weighted by atomic mass is 10.0. The fourth-order valence-electron chi connectivity index (χ4n) is 2.11. The first kappa shape index (κ1) is 18.4. The maximum Gasteiger partial charge on any atom is 0.137 e. The number of nitrogens with zero attached hydrogens (tertiary/aromatic N) is 3. The van der Waals surface area contributed by atoms with Gasteiger partial charge in [0.2, 0.25) is 0 Å². The van der Waals surface area contributed by atoms with Gasteiger partial charge in [-0.05, 0) is 24.6 Å². The zero-order valence-electron chi connectivity index (χ0n) is 13.4. The monoisotopic (exact) mass is 365 g/mol. The SMILES string of the molecule is CON=C(CCC(=O)Cc1cnc(C)nc1)c1ccc(Cl)c(Cl)c1. The van der Waals surface area contributed by atoms with E-state index in [9.17, 15) is 4.79 Å². The third kappa shape index (κ3) is 5.28. The molecule has 1 heterocycles. The molecule has 5 nitrogen and oxygen atoms in total. The standard InChI is InChI=1S/C17H17Cl2N3O2/c1-11-20-9-12(10-21-11)7-14(23)4-6-17(22-24-2)13-3-5-15(18)16(19)8-13/h3,5,8-10H,4,6-7H2,1-2H3. The Morgan fingerprint density at radius 2 is 1.88 bits per heavy atom. The number of ketones is 1. The van der Waals surface area contributed by atoms with Crippen molar-refractivity contribution < 1.29 is 9.63 Å². The van der Waals surface area contributed by atoms with Crippen molar-refractivity contribution in [2.75, 3.05) is 7.11 Å². The van der Waals surface area contributed by atoms with Crippen LogP contribution in [0, 0.1) is 6.92 Å². The van der Waals surface area contributed by atoms with Gasteiger partial charge in [-0.3, -0.25) is 4.79 Å². The number of hydrogen-bond donors (Lipinski definition) is 0. The van der Waals surface area contributed by atoms with Gasteiger partial charge in [0.25, 0.3) is 0 Å². The Morgan fingerprint density at radius 3 is 2.50 bits per heavy atom. The second kappa shape index (κ2) is 8.76. The van der Waals surface area contributed by atoms with Crippen molar-refractivity contribution in [3.05, 3.63) is 57.6 Å². The van der Waals surface area contributed by atoms with E-state index in [1.807, 2.05) is 0 Å². The lowest BCUT2D eigenvalue weighted by molar-refractivity contribution is -0.118. The maximum atomic E-state index is 12.2. The minimum atomic E-state index is 0.0753. The highest BCUT2D eigenvalue weighted by Crippen LogP contribution is 2.23. The number of carbonyl (C=O) groups is 1. The first-order valence-electron chi connectivity index (χ1n) is 7.34. The van der Waals surface area contributed by atoms with Crippen molar-refractivity contribution in [3.8, 4) is 0 Å². The number of rotatable bonds is 7. The number of oxime groups is 1. The summed E-state index contributed by atoms with van der Waals surface area (Å²) >= 11 is 12.0. The molecule has 1 aromatic heterocycles. The molecule has 7 heteroatoms. The number of Topliss-reactive ketones (excluding diaryl/α,β-unsaturated/α-hetero) is 1. The van der Waals surface area contributed by atoms with Crippen molar-refractivity contribution in [1.29, 1.82) is 0 Å². The summed E-state index contributed by atoms with van der Waals surface area (Å²) in [5.74, 6) is 0.756. The van der Waals surface area contributed by atoms with Crippen molar-refractivity contribution in [2.45, 2.75) is 26.2 Å². The topological polar surface area (TPSA) is 64.4 Å². The number of aryl methyl sites for hydroxylation is 1. The van der Waals surface area contributed by atoms with Gasteiger partial charge in [-0.2, -0.15) is 0 Å². The quantitative estimate of drug-likeness (QED) is 0.548. The first-order valence-corrected chi connectivity index (χ1v) is 8.10. The molecule has 1 aromatic carbocycles. The minimum Gasteiger partial charge on any atom is -0.399 e. The molecule has 0 saturated carbocycles. The summed E-state index contributed by atoms with van der Waals surface area (Å²) in [6.07, 6.45) is 4.41. The van der Waals surface area contributed by atoms with Gasteiger partial charge in [0.15, 0.2) is 0 Å². The number of benzene rings is 1. The average Bonchev–Trinajstić information content (AvgIpc) is 2.56. The lowest BCUT2D eigenvalue weighted by Gasteiger charge is -2.07. The zero-order chi connectivity index (χ0) is 17.5. The smallest absolute Gasteiger partial charge is 0.137 e. The van der Waals surface area contributed by atoms with Gasteiger partial charge >= 0.3 is 0 Å². The van der Waals surface area contributed by atoms with Crippen LogP contribution in [0.3, 0.4) is 0 Å². The van der Waals surface area contributed by atoms with E-state index in [1.54, 1.807) is 37.5 Å². The summed E-state index contributed by atoms with van der Waals surface area (Å²) in [4.78, 5) is 25.2. The molecular formula is C17H17Cl2N3O2. The highest BCUT2D eigenvalue weighted by atomic mass is 35.5. The third-order valence-electron chi connectivity index (χ3n) is 3.33. The highest BCUT2D eigenvalue weighted by molar-refractivity contribution is 6.42. The second-order valence-corrected chi connectivity index (χ2v) is 6.02. The molecule has 0 amide bonds. The van der Waals surface area contributed by atoms with Gasteiger partial charge in [-0.25, -0.2) is 9.97 Å². The van der Waals surface area contributed by atoms with Crippen LogP contribution < -0.4 is 0 Å². The van der Waals surface area contributed by atoms with Crippen LogP contribution in [0.1, 0.15) is 29.8 Å². The molecule has 0 radical (unpaired) electrons. The van der Waals surface area contributed by atoms with E-state index in [0.29, 0.717) is 40.8 Å². The lowest BCUT2D eigenvalue weighted by Crippen LogP contribution is -2.09. The fraction of sp³-hybridized carbons (Fsp3) is 0.294. The van der Waals surface area contributed by atoms with Crippen LogP contribution in [0.2, 0.25) is 10.0 Å². The molecule has 0 atom stereocenters. The number of carbonyl (C=O) groups excluding carboxylic acids is 1.